The van der Waals surface area contributed by atoms with Crippen LogP contribution in [0.5, 0.6) is 5.75 Å². The summed E-state index contributed by atoms with van der Waals surface area (Å²) in [6.07, 6.45) is 0. The molecule has 0 aromatic heterocycles. The van der Waals surface area contributed by atoms with E-state index in [0.717, 1.165) is 16.9 Å². The van der Waals surface area contributed by atoms with Crippen LogP contribution in [0, 0.1) is 13.8 Å². The third kappa shape index (κ3) is 3.95. The summed E-state index contributed by atoms with van der Waals surface area (Å²) in [4.78, 5) is 0. The highest BCUT2D eigenvalue weighted by atomic mass is 16.5. The summed E-state index contributed by atoms with van der Waals surface area (Å²) >= 11 is 0. The Morgan fingerprint density at radius 3 is 2.21 bits per heavy atom. The summed E-state index contributed by atoms with van der Waals surface area (Å²) in [7, 11) is 1.65. The molecule has 3 nitrogen and oxygen atoms in total. The molecule has 0 aliphatic heterocycles. The van der Waals surface area contributed by atoms with Gasteiger partial charge in [-0.2, -0.15) is 0 Å². The van der Waals surface area contributed by atoms with E-state index in [4.69, 9.17) is 4.74 Å². The van der Waals surface area contributed by atoms with E-state index in [-0.39, 0.29) is 5.54 Å². The number of nitrogens with one attached hydrogen (secondary N) is 1. The smallest absolute Gasteiger partial charge is 0.128 e. The SMILES string of the molecule is COc1c(C(C)(O)CNC(C)(C)C)ccc(C)c1C. The van der Waals surface area contributed by atoms with Crippen LogP contribution in [-0.4, -0.2) is 24.3 Å². The van der Waals surface area contributed by atoms with Crippen molar-refractivity contribution >= 4 is 0 Å². The van der Waals surface area contributed by atoms with Gasteiger partial charge in [-0.05, 0) is 52.7 Å². The van der Waals surface area contributed by atoms with E-state index in [0.29, 0.717) is 6.54 Å². The molecule has 0 radical (unpaired) electrons. The first-order valence-electron chi connectivity index (χ1n) is 6.70. The molecule has 0 aliphatic carbocycles. The zero-order valence-electron chi connectivity index (χ0n) is 13.2. The number of aliphatic hydroxyl groups is 1. The van der Waals surface area contributed by atoms with E-state index in [2.05, 4.69) is 26.1 Å². The topological polar surface area (TPSA) is 41.5 Å². The summed E-state index contributed by atoms with van der Waals surface area (Å²) in [5.41, 5.74) is 2.08. The fraction of sp³-hybridized carbons (Fsp3) is 0.625. The lowest BCUT2D eigenvalue weighted by Crippen LogP contribution is -2.45. The molecule has 0 saturated carbocycles. The highest BCUT2D eigenvalue weighted by molar-refractivity contribution is 5.48. The third-order valence-corrected chi connectivity index (χ3v) is 3.42. The molecule has 1 aromatic carbocycles. The van der Waals surface area contributed by atoms with Crippen LogP contribution in [0.1, 0.15) is 44.4 Å². The number of methoxy groups -OCH3 is 1. The Labute approximate surface area is 117 Å². The minimum absolute atomic E-state index is 0.0308. The molecule has 0 saturated heterocycles. The minimum atomic E-state index is -0.961. The summed E-state index contributed by atoms with van der Waals surface area (Å²) in [6.45, 7) is 12.6. The van der Waals surface area contributed by atoms with Crippen molar-refractivity contribution in [1.29, 1.82) is 0 Å². The summed E-state index contributed by atoms with van der Waals surface area (Å²) < 4.78 is 5.49. The highest BCUT2D eigenvalue weighted by Crippen LogP contribution is 2.34. The number of β-amino-alcohol motifs (C(OH)–C–C–N with tert-alkyl or cyclic N) is 1. The summed E-state index contributed by atoms with van der Waals surface area (Å²) in [5, 5.41) is 14.1. The van der Waals surface area contributed by atoms with Gasteiger partial charge >= 0.3 is 0 Å². The molecule has 19 heavy (non-hydrogen) atoms. The van der Waals surface area contributed by atoms with E-state index in [1.807, 2.05) is 32.9 Å². The Morgan fingerprint density at radius 2 is 1.74 bits per heavy atom. The first-order chi connectivity index (χ1) is 8.58. The fourth-order valence-corrected chi connectivity index (χ4v) is 2.01. The molecule has 1 aromatic rings. The molecule has 3 heteroatoms. The Morgan fingerprint density at radius 1 is 1.16 bits per heavy atom. The van der Waals surface area contributed by atoms with Gasteiger partial charge in [0.15, 0.2) is 0 Å². The lowest BCUT2D eigenvalue weighted by atomic mass is 9.90. The van der Waals surface area contributed by atoms with Crippen LogP contribution >= 0.6 is 0 Å². The van der Waals surface area contributed by atoms with Gasteiger partial charge in [-0.1, -0.05) is 12.1 Å². The monoisotopic (exact) mass is 265 g/mol. The molecule has 0 fully saturated rings. The van der Waals surface area contributed by atoms with E-state index in [1.165, 1.54) is 5.56 Å². The van der Waals surface area contributed by atoms with E-state index in [9.17, 15) is 5.11 Å². The van der Waals surface area contributed by atoms with E-state index < -0.39 is 5.60 Å². The van der Waals surface area contributed by atoms with Crippen molar-refractivity contribution in [1.82, 2.24) is 5.32 Å². The van der Waals surface area contributed by atoms with Gasteiger partial charge in [-0.15, -0.1) is 0 Å². The van der Waals surface area contributed by atoms with Crippen LogP contribution in [0.3, 0.4) is 0 Å². The van der Waals surface area contributed by atoms with E-state index >= 15 is 0 Å². The Bertz CT molecular complexity index is 445. The van der Waals surface area contributed by atoms with Crippen LogP contribution in [0.15, 0.2) is 12.1 Å². The zero-order chi connectivity index (χ0) is 14.8. The molecule has 1 unspecified atom stereocenters. The average Bonchev–Trinajstić information content (AvgIpc) is 2.29. The second kappa shape index (κ2) is 5.51. The predicted molar refractivity (Wildman–Crippen MR) is 79.8 cm³/mol. The Balaban J connectivity index is 3.10. The molecule has 0 aliphatic rings. The fourth-order valence-electron chi connectivity index (χ4n) is 2.01. The largest absolute Gasteiger partial charge is 0.496 e. The molecule has 1 atom stereocenters. The Hall–Kier alpha value is -1.06. The lowest BCUT2D eigenvalue weighted by Gasteiger charge is -2.31. The number of aryl methyl sites for hydroxylation is 1. The van der Waals surface area contributed by atoms with Crippen LogP contribution in [0.2, 0.25) is 0 Å². The van der Waals surface area contributed by atoms with Gasteiger partial charge in [0, 0.05) is 17.6 Å². The molecule has 108 valence electrons. The van der Waals surface area contributed by atoms with Gasteiger partial charge in [0.05, 0.1) is 7.11 Å². The third-order valence-electron chi connectivity index (χ3n) is 3.42. The molecular weight excluding hydrogens is 238 g/mol. The van der Waals surface area contributed by atoms with Gasteiger partial charge in [0.1, 0.15) is 11.4 Å². The zero-order valence-corrected chi connectivity index (χ0v) is 13.2. The van der Waals surface area contributed by atoms with Crippen LogP contribution in [0.4, 0.5) is 0 Å². The van der Waals surface area contributed by atoms with Crippen molar-refractivity contribution in [2.75, 3.05) is 13.7 Å². The Kier molecular flexibility index (Phi) is 4.64. The highest BCUT2D eigenvalue weighted by Gasteiger charge is 2.29. The van der Waals surface area contributed by atoms with Gasteiger partial charge in [-0.25, -0.2) is 0 Å². The van der Waals surface area contributed by atoms with Gasteiger partial charge in [0.25, 0.3) is 0 Å². The number of benzene rings is 1. The first-order valence-corrected chi connectivity index (χ1v) is 6.70. The van der Waals surface area contributed by atoms with Crippen molar-refractivity contribution in [2.24, 2.45) is 0 Å². The summed E-state index contributed by atoms with van der Waals surface area (Å²) in [5.74, 6) is 0.778. The second-order valence-corrected chi connectivity index (χ2v) is 6.47. The molecule has 1 rings (SSSR count). The van der Waals surface area contributed by atoms with E-state index in [1.54, 1.807) is 7.11 Å². The maximum Gasteiger partial charge on any atom is 0.128 e. The average molecular weight is 265 g/mol. The number of rotatable bonds is 4. The maximum atomic E-state index is 10.7. The number of hydrogen-bond acceptors (Lipinski definition) is 3. The molecule has 0 spiro atoms. The number of ether oxygens (including phenoxy) is 1. The van der Waals surface area contributed by atoms with Crippen molar-refractivity contribution < 1.29 is 9.84 Å². The normalized spacial score (nSPS) is 15.2. The maximum absolute atomic E-state index is 10.7. The van der Waals surface area contributed by atoms with Gasteiger partial charge < -0.3 is 15.2 Å². The predicted octanol–water partition coefficient (Wildman–Crippen LogP) is 2.91. The van der Waals surface area contributed by atoms with Crippen LogP contribution in [0.25, 0.3) is 0 Å². The van der Waals surface area contributed by atoms with Crippen molar-refractivity contribution in [2.45, 2.75) is 52.7 Å². The molecule has 0 amide bonds. The molecule has 0 heterocycles. The van der Waals surface area contributed by atoms with Crippen molar-refractivity contribution in [3.63, 3.8) is 0 Å². The second-order valence-electron chi connectivity index (χ2n) is 6.47. The van der Waals surface area contributed by atoms with Crippen molar-refractivity contribution in [3.05, 3.63) is 28.8 Å². The van der Waals surface area contributed by atoms with Crippen LogP contribution < -0.4 is 10.1 Å². The van der Waals surface area contributed by atoms with Gasteiger partial charge in [-0.3, -0.25) is 0 Å². The molecule has 2 N–H and O–H groups in total. The lowest BCUT2D eigenvalue weighted by molar-refractivity contribution is 0.0476. The van der Waals surface area contributed by atoms with Crippen molar-refractivity contribution in [3.8, 4) is 5.75 Å². The quantitative estimate of drug-likeness (QED) is 0.879. The van der Waals surface area contributed by atoms with Crippen LogP contribution in [-0.2, 0) is 5.60 Å². The summed E-state index contributed by atoms with van der Waals surface area (Å²) in [6, 6.07) is 3.98. The molecular formula is C16H27NO2. The number of hydrogen-bond donors (Lipinski definition) is 2. The first kappa shape index (κ1) is 16.0. The van der Waals surface area contributed by atoms with Gasteiger partial charge in [0.2, 0.25) is 0 Å². The standard InChI is InChI=1S/C16H27NO2/c1-11-8-9-13(14(19-7)12(11)2)16(6,18)10-17-15(3,4)5/h8-9,17-18H,10H2,1-7H3. The molecule has 0 bridgehead atoms. The minimum Gasteiger partial charge on any atom is -0.496 e.